The summed E-state index contributed by atoms with van der Waals surface area (Å²) < 4.78 is 0. The Kier molecular flexibility index (Phi) is 6.00. The van der Waals surface area contributed by atoms with E-state index in [2.05, 4.69) is 51.3 Å². The molecule has 3 aromatic rings. The highest BCUT2D eigenvalue weighted by atomic mass is 32.1. The Morgan fingerprint density at radius 1 is 1.42 bits per heavy atom. The van der Waals surface area contributed by atoms with Gasteiger partial charge in [-0.15, -0.1) is 11.3 Å². The SMILES string of the molecule is CCCC(CN(C)Cc1cnc(NC(C)=O)s1)c1cc2ncccc2[nH]1. The van der Waals surface area contributed by atoms with Crippen molar-refractivity contribution in [2.75, 3.05) is 18.9 Å². The molecule has 0 aliphatic heterocycles. The van der Waals surface area contributed by atoms with Gasteiger partial charge in [-0.3, -0.25) is 9.78 Å². The maximum Gasteiger partial charge on any atom is 0.223 e. The van der Waals surface area contributed by atoms with Crippen LogP contribution in [-0.4, -0.2) is 39.4 Å². The molecule has 0 spiro atoms. The van der Waals surface area contributed by atoms with Gasteiger partial charge >= 0.3 is 0 Å². The zero-order chi connectivity index (χ0) is 18.5. The second kappa shape index (κ2) is 8.42. The van der Waals surface area contributed by atoms with Crippen LogP contribution < -0.4 is 5.32 Å². The summed E-state index contributed by atoms with van der Waals surface area (Å²) in [5, 5.41) is 3.40. The van der Waals surface area contributed by atoms with Gasteiger partial charge in [-0.1, -0.05) is 13.3 Å². The highest BCUT2D eigenvalue weighted by molar-refractivity contribution is 7.15. The highest BCUT2D eigenvalue weighted by Gasteiger charge is 2.17. The first kappa shape index (κ1) is 18.5. The number of hydrogen-bond acceptors (Lipinski definition) is 5. The van der Waals surface area contributed by atoms with E-state index in [1.54, 1.807) is 0 Å². The minimum absolute atomic E-state index is 0.0883. The number of carbonyl (C=O) groups is 1. The summed E-state index contributed by atoms with van der Waals surface area (Å²) >= 11 is 1.53. The number of aromatic amines is 1. The van der Waals surface area contributed by atoms with E-state index in [0.717, 1.165) is 41.8 Å². The number of nitrogens with one attached hydrogen (secondary N) is 2. The number of likely N-dealkylation sites (N-methyl/N-ethyl adjacent to an activating group) is 1. The van der Waals surface area contributed by atoms with Gasteiger partial charge in [0.25, 0.3) is 0 Å². The molecular formula is C19H25N5OS. The fourth-order valence-corrected chi connectivity index (χ4v) is 4.13. The third-order valence-corrected chi connectivity index (χ3v) is 5.18. The van der Waals surface area contributed by atoms with Crippen molar-refractivity contribution in [3.05, 3.63) is 41.2 Å². The minimum atomic E-state index is -0.0883. The molecule has 0 fully saturated rings. The van der Waals surface area contributed by atoms with Crippen molar-refractivity contribution in [1.82, 2.24) is 19.9 Å². The fourth-order valence-electron chi connectivity index (χ4n) is 3.19. The second-order valence-corrected chi connectivity index (χ2v) is 7.77. The van der Waals surface area contributed by atoms with Crippen LogP contribution in [0.15, 0.2) is 30.6 Å². The molecule has 0 radical (unpaired) electrons. The zero-order valence-corrected chi connectivity index (χ0v) is 16.3. The average molecular weight is 372 g/mol. The quantitative estimate of drug-likeness (QED) is 0.628. The molecule has 0 saturated heterocycles. The molecule has 0 bridgehead atoms. The lowest BCUT2D eigenvalue weighted by Crippen LogP contribution is -2.24. The Balaban J connectivity index is 1.67. The lowest BCUT2D eigenvalue weighted by Gasteiger charge is -2.22. The second-order valence-electron chi connectivity index (χ2n) is 6.66. The Labute approximate surface area is 157 Å². The van der Waals surface area contributed by atoms with Crippen LogP contribution >= 0.6 is 11.3 Å². The van der Waals surface area contributed by atoms with Crippen LogP contribution in [0.25, 0.3) is 11.0 Å². The van der Waals surface area contributed by atoms with Crippen LogP contribution in [0.3, 0.4) is 0 Å². The smallest absolute Gasteiger partial charge is 0.223 e. The predicted molar refractivity (Wildman–Crippen MR) is 106 cm³/mol. The van der Waals surface area contributed by atoms with E-state index in [-0.39, 0.29) is 5.91 Å². The van der Waals surface area contributed by atoms with Crippen molar-refractivity contribution in [1.29, 1.82) is 0 Å². The number of thiazole rings is 1. The van der Waals surface area contributed by atoms with Crippen LogP contribution in [0.2, 0.25) is 0 Å². The van der Waals surface area contributed by atoms with Gasteiger partial charge < -0.3 is 15.2 Å². The topological polar surface area (TPSA) is 73.9 Å². The van der Waals surface area contributed by atoms with Crippen molar-refractivity contribution in [3.63, 3.8) is 0 Å². The van der Waals surface area contributed by atoms with Crippen molar-refractivity contribution >= 4 is 33.4 Å². The van der Waals surface area contributed by atoms with Gasteiger partial charge in [-0.05, 0) is 31.7 Å². The molecule has 3 rings (SSSR count). The molecular weight excluding hydrogens is 346 g/mol. The first-order chi connectivity index (χ1) is 12.5. The van der Waals surface area contributed by atoms with E-state index in [0.29, 0.717) is 11.0 Å². The molecule has 3 aromatic heterocycles. The third-order valence-electron chi connectivity index (χ3n) is 4.28. The molecule has 0 saturated carbocycles. The van der Waals surface area contributed by atoms with E-state index < -0.39 is 0 Å². The molecule has 0 aromatic carbocycles. The van der Waals surface area contributed by atoms with Crippen LogP contribution in [0.4, 0.5) is 5.13 Å². The number of aromatic nitrogens is 3. The Morgan fingerprint density at radius 2 is 2.27 bits per heavy atom. The van der Waals surface area contributed by atoms with Gasteiger partial charge in [-0.25, -0.2) is 4.98 Å². The van der Waals surface area contributed by atoms with Crippen LogP contribution in [0.5, 0.6) is 0 Å². The van der Waals surface area contributed by atoms with Crippen molar-refractivity contribution in [2.24, 2.45) is 0 Å². The lowest BCUT2D eigenvalue weighted by atomic mass is 9.99. The van der Waals surface area contributed by atoms with Gasteiger partial charge in [0.15, 0.2) is 5.13 Å². The summed E-state index contributed by atoms with van der Waals surface area (Å²) in [5.74, 6) is 0.344. The molecule has 6 nitrogen and oxygen atoms in total. The zero-order valence-electron chi connectivity index (χ0n) is 15.5. The molecule has 26 heavy (non-hydrogen) atoms. The van der Waals surface area contributed by atoms with E-state index in [1.807, 2.05) is 18.5 Å². The summed E-state index contributed by atoms with van der Waals surface area (Å²) in [7, 11) is 2.13. The van der Waals surface area contributed by atoms with Crippen LogP contribution in [0, 0.1) is 0 Å². The molecule has 0 aliphatic rings. The summed E-state index contributed by atoms with van der Waals surface area (Å²) in [6.07, 6.45) is 5.93. The molecule has 7 heteroatoms. The van der Waals surface area contributed by atoms with Gasteiger partial charge in [0.1, 0.15) is 0 Å². The summed E-state index contributed by atoms with van der Waals surface area (Å²) in [4.78, 5) is 26.8. The minimum Gasteiger partial charge on any atom is -0.357 e. The number of pyridine rings is 1. The van der Waals surface area contributed by atoms with E-state index in [9.17, 15) is 4.79 Å². The molecule has 3 heterocycles. The van der Waals surface area contributed by atoms with Gasteiger partial charge in [0.05, 0.1) is 11.0 Å². The molecule has 2 N–H and O–H groups in total. The molecule has 0 aliphatic carbocycles. The number of carbonyl (C=O) groups excluding carboxylic acids is 1. The van der Waals surface area contributed by atoms with Gasteiger partial charge in [0, 0.05) is 48.9 Å². The first-order valence-corrected chi connectivity index (χ1v) is 9.71. The first-order valence-electron chi connectivity index (χ1n) is 8.89. The Bertz CT molecular complexity index is 839. The number of hydrogen-bond donors (Lipinski definition) is 2. The Morgan fingerprint density at radius 3 is 3.00 bits per heavy atom. The van der Waals surface area contributed by atoms with Crippen molar-refractivity contribution in [3.8, 4) is 0 Å². The molecule has 1 amide bonds. The normalized spacial score (nSPS) is 12.6. The number of anilines is 1. The molecule has 1 atom stereocenters. The van der Waals surface area contributed by atoms with E-state index in [4.69, 9.17) is 0 Å². The fraction of sp³-hybridized carbons (Fsp3) is 0.421. The lowest BCUT2D eigenvalue weighted by molar-refractivity contribution is -0.114. The third kappa shape index (κ3) is 4.68. The van der Waals surface area contributed by atoms with Crippen LogP contribution in [-0.2, 0) is 11.3 Å². The average Bonchev–Trinajstić information content (AvgIpc) is 3.20. The van der Waals surface area contributed by atoms with Crippen molar-refractivity contribution in [2.45, 2.75) is 39.2 Å². The highest BCUT2D eigenvalue weighted by Crippen LogP contribution is 2.26. The summed E-state index contributed by atoms with van der Waals surface area (Å²) in [5.41, 5.74) is 3.36. The number of nitrogens with zero attached hydrogens (tertiary/aromatic N) is 3. The predicted octanol–water partition coefficient (Wildman–Crippen LogP) is 3.99. The van der Waals surface area contributed by atoms with Gasteiger partial charge in [0.2, 0.25) is 5.91 Å². The maximum atomic E-state index is 11.1. The number of fused-ring (bicyclic) bond motifs is 1. The largest absolute Gasteiger partial charge is 0.357 e. The summed E-state index contributed by atoms with van der Waals surface area (Å²) in [6, 6.07) is 6.20. The van der Waals surface area contributed by atoms with E-state index >= 15 is 0 Å². The Hall–Kier alpha value is -2.25. The monoisotopic (exact) mass is 371 g/mol. The van der Waals surface area contributed by atoms with Crippen LogP contribution in [0.1, 0.15) is 43.2 Å². The number of amides is 1. The maximum absolute atomic E-state index is 11.1. The molecule has 138 valence electrons. The number of rotatable bonds is 8. The summed E-state index contributed by atoms with van der Waals surface area (Å²) in [6.45, 7) is 5.48. The van der Waals surface area contributed by atoms with Gasteiger partial charge in [-0.2, -0.15) is 0 Å². The van der Waals surface area contributed by atoms with Crippen molar-refractivity contribution < 1.29 is 4.79 Å². The van der Waals surface area contributed by atoms with E-state index in [1.165, 1.54) is 24.0 Å². The standard InChI is InChI=1S/C19H25N5OS/c1-4-6-14(17-9-18-16(23-17)7-5-8-20-18)11-24(3)12-15-10-21-19(26-15)22-13(2)25/h5,7-10,14,23H,4,6,11-12H2,1-3H3,(H,21,22,25). The number of H-pyrrole nitrogens is 1. The molecule has 1 unspecified atom stereocenters.